The Labute approximate surface area is 182 Å². The Hall–Kier alpha value is -2.14. The predicted octanol–water partition coefficient (Wildman–Crippen LogP) is 5.88. The summed E-state index contributed by atoms with van der Waals surface area (Å²) in [4.78, 5) is 23.9. The first-order valence-corrected chi connectivity index (χ1v) is 11.9. The van der Waals surface area contributed by atoms with E-state index < -0.39 is 5.97 Å². The monoisotopic (exact) mass is 425 g/mol. The maximum atomic E-state index is 13.2. The van der Waals surface area contributed by atoms with Gasteiger partial charge in [0.25, 0.3) is 5.91 Å². The molecule has 0 aliphatic heterocycles. The molecule has 4 atom stereocenters. The summed E-state index contributed by atoms with van der Waals surface area (Å²) < 4.78 is 1.15. The molecule has 3 fully saturated rings. The van der Waals surface area contributed by atoms with Crippen LogP contribution >= 0.6 is 11.3 Å². The van der Waals surface area contributed by atoms with Crippen molar-refractivity contribution in [3.8, 4) is 0 Å². The van der Waals surface area contributed by atoms with Crippen LogP contribution in [0.15, 0.2) is 41.8 Å². The normalized spacial score (nSPS) is 27.1. The second-order valence-electron chi connectivity index (χ2n) is 9.49. The van der Waals surface area contributed by atoms with Gasteiger partial charge in [-0.3, -0.25) is 9.59 Å². The number of rotatable bonds is 8. The molecule has 3 aliphatic carbocycles. The molecule has 3 aliphatic rings. The molecule has 2 aromatic rings. The van der Waals surface area contributed by atoms with Gasteiger partial charge in [-0.15, -0.1) is 11.3 Å². The summed E-state index contributed by atoms with van der Waals surface area (Å²) in [5.74, 6) is 1.03. The van der Waals surface area contributed by atoms with Crippen LogP contribution in [0.4, 0.5) is 0 Å². The number of carboxylic acid groups (broad SMARTS) is 1. The van der Waals surface area contributed by atoms with Crippen molar-refractivity contribution in [2.75, 3.05) is 0 Å². The number of nitrogens with one attached hydrogen (secondary N) is 1. The van der Waals surface area contributed by atoms with E-state index in [4.69, 9.17) is 5.11 Å². The minimum absolute atomic E-state index is 0.0500. The van der Waals surface area contributed by atoms with Crippen molar-refractivity contribution < 1.29 is 14.7 Å². The lowest BCUT2D eigenvalue weighted by Gasteiger charge is -2.62. The Morgan fingerprint density at radius 1 is 1.23 bits per heavy atom. The largest absolute Gasteiger partial charge is 0.481 e. The van der Waals surface area contributed by atoms with Gasteiger partial charge in [0, 0.05) is 27.9 Å². The first-order chi connectivity index (χ1) is 14.4. The molecular formula is C25H31NO3S. The number of carbonyl (C=O) groups is 2. The van der Waals surface area contributed by atoms with E-state index in [9.17, 15) is 9.59 Å². The molecular weight excluding hydrogens is 394 g/mol. The highest BCUT2D eigenvalue weighted by atomic mass is 32.1. The Morgan fingerprint density at radius 3 is 2.80 bits per heavy atom. The molecule has 0 radical (unpaired) electrons. The van der Waals surface area contributed by atoms with Crippen LogP contribution in [-0.4, -0.2) is 23.0 Å². The molecule has 1 heterocycles. The van der Waals surface area contributed by atoms with Crippen LogP contribution in [0, 0.1) is 23.2 Å². The molecule has 160 valence electrons. The second-order valence-corrected chi connectivity index (χ2v) is 10.4. The van der Waals surface area contributed by atoms with Gasteiger partial charge in [-0.05, 0) is 61.3 Å². The van der Waals surface area contributed by atoms with Crippen LogP contribution in [-0.2, 0) is 4.79 Å². The predicted molar refractivity (Wildman–Crippen MR) is 122 cm³/mol. The van der Waals surface area contributed by atoms with Gasteiger partial charge >= 0.3 is 5.97 Å². The fraction of sp³-hybridized carbons (Fsp3) is 0.520. The highest BCUT2D eigenvalue weighted by Crippen LogP contribution is 2.61. The summed E-state index contributed by atoms with van der Waals surface area (Å²) in [5.41, 5.74) is 1.08. The fourth-order valence-corrected chi connectivity index (χ4v) is 6.45. The van der Waals surface area contributed by atoms with Crippen molar-refractivity contribution >= 4 is 33.3 Å². The number of thiophene rings is 1. The lowest BCUT2D eigenvalue weighted by molar-refractivity contribution is -0.137. The summed E-state index contributed by atoms with van der Waals surface area (Å²) in [7, 11) is 0. The number of fused-ring (bicyclic) bond motifs is 3. The minimum atomic E-state index is -0.735. The fourth-order valence-electron chi connectivity index (χ4n) is 5.51. The molecule has 5 rings (SSSR count). The molecule has 0 spiro atoms. The maximum Gasteiger partial charge on any atom is 0.303 e. The van der Waals surface area contributed by atoms with Crippen LogP contribution < -0.4 is 5.32 Å². The molecule has 30 heavy (non-hydrogen) atoms. The molecule has 2 bridgehead atoms. The third-order valence-corrected chi connectivity index (χ3v) is 8.43. The number of benzene rings is 1. The summed E-state index contributed by atoms with van der Waals surface area (Å²) in [6.07, 6.45) is 9.32. The molecule has 0 unspecified atom stereocenters. The Balaban J connectivity index is 1.44. The van der Waals surface area contributed by atoms with Gasteiger partial charge in [0.2, 0.25) is 0 Å². The number of hydrogen-bond acceptors (Lipinski definition) is 3. The van der Waals surface area contributed by atoms with Crippen molar-refractivity contribution in [1.82, 2.24) is 5.32 Å². The van der Waals surface area contributed by atoms with Gasteiger partial charge in [-0.2, -0.15) is 0 Å². The van der Waals surface area contributed by atoms with E-state index in [0.717, 1.165) is 40.8 Å². The van der Waals surface area contributed by atoms with Crippen molar-refractivity contribution in [3.05, 3.63) is 47.4 Å². The highest BCUT2D eigenvalue weighted by Gasteiger charge is 2.57. The van der Waals surface area contributed by atoms with Crippen LogP contribution in [0.5, 0.6) is 0 Å². The summed E-state index contributed by atoms with van der Waals surface area (Å²) in [6.45, 7) is 4.70. The zero-order chi connectivity index (χ0) is 21.3. The third kappa shape index (κ3) is 4.04. The first-order valence-electron chi connectivity index (χ1n) is 11.0. The van der Waals surface area contributed by atoms with E-state index in [2.05, 4.69) is 37.4 Å². The highest BCUT2D eigenvalue weighted by molar-refractivity contribution is 7.17. The van der Waals surface area contributed by atoms with E-state index in [-0.39, 0.29) is 23.8 Å². The molecule has 2 N–H and O–H groups in total. The molecule has 1 aromatic heterocycles. The number of carboxylic acids is 1. The Bertz CT molecular complexity index is 960. The quantitative estimate of drug-likeness (QED) is 0.410. The smallest absolute Gasteiger partial charge is 0.303 e. The Kier molecular flexibility index (Phi) is 6.01. The van der Waals surface area contributed by atoms with Gasteiger partial charge in [-0.25, -0.2) is 0 Å². The van der Waals surface area contributed by atoms with Crippen LogP contribution in [0.2, 0.25) is 0 Å². The van der Waals surface area contributed by atoms with E-state index >= 15 is 0 Å². The molecule has 3 saturated carbocycles. The van der Waals surface area contributed by atoms with Crippen LogP contribution in [0.25, 0.3) is 10.1 Å². The van der Waals surface area contributed by atoms with Crippen molar-refractivity contribution in [1.29, 1.82) is 0 Å². The zero-order valence-corrected chi connectivity index (χ0v) is 18.6. The topological polar surface area (TPSA) is 66.4 Å². The van der Waals surface area contributed by atoms with Gasteiger partial charge in [0.05, 0.1) is 5.56 Å². The standard InChI is InChI=1S/C25H31NO3S/c1-25(2)17-13-16(9-5-3-4-6-12-22(27)28)23(20(25)14-17)26-24(29)19-15-30-21-11-8-7-10-18(19)21/h3,5,7-8,10-11,15-17,20,23H,4,6,9,12-14H2,1-2H3,(H,26,29)(H,27,28)/b5-3+/t16-,17+,20+,23+/m0/s1. The number of hydrogen-bond donors (Lipinski definition) is 2. The second kappa shape index (κ2) is 8.54. The molecule has 4 nitrogen and oxygen atoms in total. The van der Waals surface area contributed by atoms with E-state index in [1.807, 2.05) is 23.6 Å². The number of carbonyl (C=O) groups excluding carboxylic acids is 1. The average molecular weight is 426 g/mol. The van der Waals surface area contributed by atoms with Crippen LogP contribution in [0.3, 0.4) is 0 Å². The third-order valence-electron chi connectivity index (χ3n) is 7.47. The summed E-state index contributed by atoms with van der Waals surface area (Å²) in [6, 6.07) is 8.29. The maximum absolute atomic E-state index is 13.2. The number of unbranched alkanes of at least 4 members (excludes halogenated alkanes) is 1. The number of allylic oxidation sites excluding steroid dienone is 2. The molecule has 0 saturated heterocycles. The lowest BCUT2D eigenvalue weighted by Crippen LogP contribution is -2.63. The van der Waals surface area contributed by atoms with Gasteiger partial charge in [0.15, 0.2) is 0 Å². The minimum Gasteiger partial charge on any atom is -0.481 e. The van der Waals surface area contributed by atoms with Crippen molar-refractivity contribution in [2.45, 2.75) is 58.4 Å². The van der Waals surface area contributed by atoms with E-state index in [1.54, 1.807) is 11.3 Å². The van der Waals surface area contributed by atoms with Gasteiger partial charge in [-0.1, -0.05) is 44.2 Å². The molecule has 1 amide bonds. The first kappa shape index (κ1) is 21.1. The van der Waals surface area contributed by atoms with Crippen LogP contribution in [0.1, 0.15) is 62.7 Å². The van der Waals surface area contributed by atoms with E-state index in [0.29, 0.717) is 18.3 Å². The SMILES string of the molecule is CC1(C)[C@@H]2C[C@H](C/C=C/CCCC(=O)O)[C@@H](NC(=O)c3csc4ccccc34)[C@H]1C2. The van der Waals surface area contributed by atoms with Gasteiger partial charge in [0.1, 0.15) is 0 Å². The van der Waals surface area contributed by atoms with Gasteiger partial charge < -0.3 is 10.4 Å². The lowest BCUT2D eigenvalue weighted by atomic mass is 9.44. The Morgan fingerprint density at radius 2 is 2.03 bits per heavy atom. The average Bonchev–Trinajstić information content (AvgIpc) is 3.15. The van der Waals surface area contributed by atoms with Crippen molar-refractivity contribution in [3.63, 3.8) is 0 Å². The van der Waals surface area contributed by atoms with E-state index in [1.165, 1.54) is 6.42 Å². The molecule has 1 aromatic carbocycles. The summed E-state index contributed by atoms with van der Waals surface area (Å²) >= 11 is 1.63. The molecule has 5 heteroatoms. The zero-order valence-electron chi connectivity index (χ0n) is 17.8. The van der Waals surface area contributed by atoms with Crippen molar-refractivity contribution in [2.24, 2.45) is 23.2 Å². The number of amides is 1. The number of aliphatic carboxylic acids is 1. The summed E-state index contributed by atoms with van der Waals surface area (Å²) in [5, 5.41) is 15.2.